The summed E-state index contributed by atoms with van der Waals surface area (Å²) in [6.07, 6.45) is 6.59. The van der Waals surface area contributed by atoms with Gasteiger partial charge in [0.1, 0.15) is 5.82 Å². The second-order valence-electron chi connectivity index (χ2n) is 9.85. The zero-order valence-electron chi connectivity index (χ0n) is 21.5. The van der Waals surface area contributed by atoms with E-state index in [9.17, 15) is 8.42 Å². The summed E-state index contributed by atoms with van der Waals surface area (Å²) < 4.78 is 28.9. The van der Waals surface area contributed by atoms with Gasteiger partial charge in [0.25, 0.3) is 0 Å². The molecule has 0 saturated carbocycles. The number of benzene rings is 2. The van der Waals surface area contributed by atoms with Crippen LogP contribution < -0.4 is 4.72 Å². The molecule has 0 saturated heterocycles. The molecular weight excluding hydrogens is 508 g/mol. The maximum Gasteiger partial charge on any atom is 0.240 e. The van der Waals surface area contributed by atoms with Crippen LogP contribution in [-0.2, 0) is 36.1 Å². The van der Waals surface area contributed by atoms with Gasteiger partial charge in [-0.2, -0.15) is 0 Å². The van der Waals surface area contributed by atoms with Crippen LogP contribution in [0.1, 0.15) is 47.2 Å². The number of fused-ring (bicyclic) bond motifs is 2. The van der Waals surface area contributed by atoms with Crippen LogP contribution in [0.3, 0.4) is 0 Å². The van der Waals surface area contributed by atoms with Crippen LogP contribution in [0.25, 0.3) is 11.0 Å². The molecule has 0 radical (unpaired) electrons. The number of hydrogen-bond donors (Lipinski definition) is 2. The van der Waals surface area contributed by atoms with Gasteiger partial charge in [0, 0.05) is 18.9 Å². The molecule has 1 atom stereocenters. The summed E-state index contributed by atoms with van der Waals surface area (Å²) in [5.41, 5.74) is 5.88. The summed E-state index contributed by atoms with van der Waals surface area (Å²) >= 11 is 0. The molecule has 0 aliphatic heterocycles. The summed E-state index contributed by atoms with van der Waals surface area (Å²) in [6, 6.07) is 24.9. The number of pyridine rings is 2. The Labute approximate surface area is 228 Å². The minimum atomic E-state index is -3.71. The molecule has 3 aromatic heterocycles. The Bertz CT molecular complexity index is 1650. The molecule has 8 nitrogen and oxygen atoms in total. The van der Waals surface area contributed by atoms with Crippen molar-refractivity contribution in [3.8, 4) is 0 Å². The number of hydrogen-bond acceptors (Lipinski definition) is 6. The predicted molar refractivity (Wildman–Crippen MR) is 150 cm³/mol. The van der Waals surface area contributed by atoms with Crippen LogP contribution in [0.4, 0.5) is 0 Å². The lowest BCUT2D eigenvalue weighted by Gasteiger charge is -2.34. The molecule has 6 rings (SSSR count). The van der Waals surface area contributed by atoms with Gasteiger partial charge in [-0.05, 0) is 72.9 Å². The lowest BCUT2D eigenvalue weighted by atomic mass is 9.90. The SMILES string of the molecule is O=S(=O)(NCc1ccccn1)c1cccc(CN(Cc2nc3ccccc3[nH]2)C2CCCc3cccnc32)c1. The molecule has 0 fully saturated rings. The molecule has 0 bridgehead atoms. The summed E-state index contributed by atoms with van der Waals surface area (Å²) in [5.74, 6) is 0.875. The Balaban J connectivity index is 1.28. The third kappa shape index (κ3) is 5.75. The van der Waals surface area contributed by atoms with Gasteiger partial charge in [-0.3, -0.25) is 14.9 Å². The summed E-state index contributed by atoms with van der Waals surface area (Å²) in [6.45, 7) is 1.28. The number of aryl methyl sites for hydroxylation is 1. The maximum absolute atomic E-state index is 13.1. The molecule has 0 spiro atoms. The average Bonchev–Trinajstić information content (AvgIpc) is 3.39. The van der Waals surface area contributed by atoms with E-state index in [1.165, 1.54) is 5.56 Å². The quantitative estimate of drug-likeness (QED) is 0.276. The Morgan fingerprint density at radius 3 is 2.67 bits per heavy atom. The molecule has 39 heavy (non-hydrogen) atoms. The molecule has 2 aromatic carbocycles. The van der Waals surface area contributed by atoms with Crippen molar-refractivity contribution < 1.29 is 8.42 Å². The zero-order valence-corrected chi connectivity index (χ0v) is 22.3. The van der Waals surface area contributed by atoms with E-state index in [4.69, 9.17) is 9.97 Å². The molecule has 0 amide bonds. The van der Waals surface area contributed by atoms with Gasteiger partial charge in [0.2, 0.25) is 10.0 Å². The topological polar surface area (TPSA) is 104 Å². The van der Waals surface area contributed by atoms with E-state index >= 15 is 0 Å². The fraction of sp³-hybridized carbons (Fsp3) is 0.233. The molecule has 2 N–H and O–H groups in total. The van der Waals surface area contributed by atoms with E-state index in [1.54, 1.807) is 36.5 Å². The van der Waals surface area contributed by atoms with Crippen molar-refractivity contribution >= 4 is 21.1 Å². The Morgan fingerprint density at radius 2 is 1.79 bits per heavy atom. The third-order valence-electron chi connectivity index (χ3n) is 7.16. The second-order valence-corrected chi connectivity index (χ2v) is 11.6. The van der Waals surface area contributed by atoms with E-state index in [2.05, 4.69) is 25.7 Å². The van der Waals surface area contributed by atoms with E-state index in [0.717, 1.165) is 47.4 Å². The highest BCUT2D eigenvalue weighted by molar-refractivity contribution is 7.89. The fourth-order valence-electron chi connectivity index (χ4n) is 5.29. The summed E-state index contributed by atoms with van der Waals surface area (Å²) in [5, 5.41) is 0. The number of nitrogens with zero attached hydrogens (tertiary/aromatic N) is 4. The van der Waals surface area contributed by atoms with Gasteiger partial charge >= 0.3 is 0 Å². The summed E-state index contributed by atoms with van der Waals surface area (Å²) in [4.78, 5) is 19.9. The van der Waals surface area contributed by atoms with Gasteiger partial charge in [0.05, 0.1) is 46.4 Å². The minimum absolute atomic E-state index is 0.103. The largest absolute Gasteiger partial charge is 0.341 e. The minimum Gasteiger partial charge on any atom is -0.341 e. The van der Waals surface area contributed by atoms with Gasteiger partial charge in [-0.1, -0.05) is 36.4 Å². The number of aromatic amines is 1. The first-order valence-corrected chi connectivity index (χ1v) is 14.6. The molecule has 5 aromatic rings. The van der Waals surface area contributed by atoms with Crippen molar-refractivity contribution in [1.29, 1.82) is 0 Å². The second kappa shape index (κ2) is 11.1. The van der Waals surface area contributed by atoms with Crippen LogP contribution in [0.15, 0.2) is 96.2 Å². The number of imidazole rings is 1. The van der Waals surface area contributed by atoms with Crippen LogP contribution in [0, 0.1) is 0 Å². The number of H-pyrrole nitrogens is 1. The van der Waals surface area contributed by atoms with E-state index in [1.807, 2.05) is 48.7 Å². The summed E-state index contributed by atoms with van der Waals surface area (Å²) in [7, 11) is -3.71. The van der Waals surface area contributed by atoms with E-state index in [0.29, 0.717) is 18.8 Å². The van der Waals surface area contributed by atoms with E-state index < -0.39 is 10.0 Å². The Morgan fingerprint density at radius 1 is 0.923 bits per heavy atom. The standard InChI is InChI=1S/C30H30N6O2S/c37-39(38,33-19-24-11-3-4-16-31-24)25-12-5-8-22(18-25)20-36(21-29-34-26-13-1-2-14-27(26)35-29)28-15-6-9-23-10-7-17-32-30(23)28/h1-5,7-8,10-14,16-18,28,33H,6,9,15,19-21H2,(H,34,35). The first-order chi connectivity index (χ1) is 19.0. The van der Waals surface area contributed by atoms with Crippen LogP contribution >= 0.6 is 0 Å². The number of para-hydroxylation sites is 2. The first-order valence-electron chi connectivity index (χ1n) is 13.2. The van der Waals surface area contributed by atoms with Crippen molar-refractivity contribution in [1.82, 2.24) is 29.6 Å². The highest BCUT2D eigenvalue weighted by Gasteiger charge is 2.28. The fourth-order valence-corrected chi connectivity index (χ4v) is 6.36. The molecule has 9 heteroatoms. The smallest absolute Gasteiger partial charge is 0.240 e. The highest BCUT2D eigenvalue weighted by atomic mass is 32.2. The molecule has 1 aliphatic carbocycles. The van der Waals surface area contributed by atoms with Crippen molar-refractivity contribution in [3.05, 3.63) is 120 Å². The number of rotatable bonds is 9. The van der Waals surface area contributed by atoms with Gasteiger partial charge < -0.3 is 4.98 Å². The van der Waals surface area contributed by atoms with Crippen molar-refractivity contribution in [2.45, 2.75) is 49.8 Å². The Hall–Kier alpha value is -3.92. The lowest BCUT2D eigenvalue weighted by Crippen LogP contribution is -2.32. The van der Waals surface area contributed by atoms with Gasteiger partial charge in [-0.25, -0.2) is 18.1 Å². The normalized spacial score (nSPS) is 15.5. The highest BCUT2D eigenvalue weighted by Crippen LogP contribution is 2.35. The average molecular weight is 539 g/mol. The Kier molecular flexibility index (Phi) is 7.19. The van der Waals surface area contributed by atoms with Crippen LogP contribution in [-0.4, -0.2) is 33.3 Å². The number of sulfonamides is 1. The van der Waals surface area contributed by atoms with Gasteiger partial charge in [-0.15, -0.1) is 0 Å². The number of nitrogens with one attached hydrogen (secondary N) is 2. The molecule has 3 heterocycles. The van der Waals surface area contributed by atoms with Gasteiger partial charge in [0.15, 0.2) is 0 Å². The zero-order chi connectivity index (χ0) is 26.7. The van der Waals surface area contributed by atoms with Crippen LogP contribution in [0.5, 0.6) is 0 Å². The molecule has 1 unspecified atom stereocenters. The van der Waals surface area contributed by atoms with Crippen molar-refractivity contribution in [2.24, 2.45) is 0 Å². The first kappa shape index (κ1) is 25.4. The predicted octanol–water partition coefficient (Wildman–Crippen LogP) is 4.91. The maximum atomic E-state index is 13.1. The molecular formula is C30H30N6O2S. The number of aromatic nitrogens is 4. The molecule has 198 valence electrons. The van der Waals surface area contributed by atoms with Crippen molar-refractivity contribution in [2.75, 3.05) is 0 Å². The molecule has 1 aliphatic rings. The third-order valence-corrected chi connectivity index (χ3v) is 8.56. The lowest BCUT2D eigenvalue weighted by molar-refractivity contribution is 0.153. The van der Waals surface area contributed by atoms with Crippen LogP contribution in [0.2, 0.25) is 0 Å². The van der Waals surface area contributed by atoms with Crippen molar-refractivity contribution in [3.63, 3.8) is 0 Å². The van der Waals surface area contributed by atoms with E-state index in [-0.39, 0.29) is 17.5 Å². The monoisotopic (exact) mass is 538 g/mol.